The molecule has 80 valence electrons. The molecule has 15 heavy (non-hydrogen) atoms. The number of oxazole rings is 1. The van der Waals surface area contributed by atoms with Gasteiger partial charge in [0.2, 0.25) is 0 Å². The molecule has 0 bridgehead atoms. The van der Waals surface area contributed by atoms with E-state index < -0.39 is 0 Å². The zero-order chi connectivity index (χ0) is 10.7. The monoisotopic (exact) mass is 287 g/mol. The minimum absolute atomic E-state index is 0.698. The first-order valence-electron chi connectivity index (χ1n) is 4.91. The van der Waals surface area contributed by atoms with Crippen LogP contribution in [0, 0.1) is 0 Å². The third-order valence-corrected chi connectivity index (χ3v) is 3.08. The van der Waals surface area contributed by atoms with E-state index in [4.69, 9.17) is 16.0 Å². The van der Waals surface area contributed by atoms with Crippen molar-refractivity contribution in [1.82, 2.24) is 4.98 Å². The molecule has 0 saturated carbocycles. The Bertz CT molecular complexity index is 455. The van der Waals surface area contributed by atoms with Gasteiger partial charge in [-0.15, -0.1) is 11.6 Å². The topological polar surface area (TPSA) is 26.0 Å². The number of alkyl halides is 1. The summed E-state index contributed by atoms with van der Waals surface area (Å²) in [6.45, 7) is 0. The van der Waals surface area contributed by atoms with Crippen LogP contribution in [0.2, 0.25) is 0 Å². The Hall–Kier alpha value is -0.540. The van der Waals surface area contributed by atoms with Crippen LogP contribution in [-0.2, 0) is 6.42 Å². The number of fused-ring (bicyclic) bond motifs is 1. The summed E-state index contributed by atoms with van der Waals surface area (Å²) in [7, 11) is 0. The lowest BCUT2D eigenvalue weighted by Gasteiger charge is -1.92. The molecule has 0 fully saturated rings. The molecule has 2 rings (SSSR count). The maximum atomic E-state index is 5.64. The van der Waals surface area contributed by atoms with Gasteiger partial charge < -0.3 is 4.42 Å². The van der Waals surface area contributed by atoms with Gasteiger partial charge >= 0.3 is 0 Å². The average Bonchev–Trinajstić information content (AvgIpc) is 2.63. The van der Waals surface area contributed by atoms with Crippen molar-refractivity contribution in [3.8, 4) is 0 Å². The Kier molecular flexibility index (Phi) is 3.65. The maximum Gasteiger partial charge on any atom is 0.195 e. The molecule has 2 aromatic rings. The number of benzene rings is 1. The van der Waals surface area contributed by atoms with Crippen molar-refractivity contribution < 1.29 is 4.42 Å². The molecule has 2 nitrogen and oxygen atoms in total. The number of aromatic nitrogens is 1. The summed E-state index contributed by atoms with van der Waals surface area (Å²) >= 11 is 9.05. The second-order valence-electron chi connectivity index (χ2n) is 3.34. The highest BCUT2D eigenvalue weighted by Gasteiger charge is 2.07. The van der Waals surface area contributed by atoms with Crippen LogP contribution in [-0.4, -0.2) is 10.9 Å². The van der Waals surface area contributed by atoms with E-state index in [9.17, 15) is 0 Å². The van der Waals surface area contributed by atoms with Gasteiger partial charge in [0.05, 0.1) is 4.47 Å². The van der Waals surface area contributed by atoms with Crippen molar-refractivity contribution in [2.45, 2.75) is 19.3 Å². The van der Waals surface area contributed by atoms with Gasteiger partial charge in [0.1, 0.15) is 5.52 Å². The van der Waals surface area contributed by atoms with Gasteiger partial charge in [-0.2, -0.15) is 0 Å². The Morgan fingerprint density at radius 3 is 2.93 bits per heavy atom. The summed E-state index contributed by atoms with van der Waals surface area (Å²) in [6, 6.07) is 5.86. The number of aryl methyl sites for hydroxylation is 1. The number of para-hydroxylation sites is 1. The molecular weight excluding hydrogens is 277 g/mol. The first kappa shape index (κ1) is 11.0. The molecule has 0 atom stereocenters. The molecular formula is C11H11BrClNO. The third kappa shape index (κ3) is 2.52. The van der Waals surface area contributed by atoms with E-state index in [1.807, 2.05) is 18.2 Å². The van der Waals surface area contributed by atoms with Crippen LogP contribution in [0.5, 0.6) is 0 Å². The van der Waals surface area contributed by atoms with Crippen molar-refractivity contribution in [2.24, 2.45) is 0 Å². The predicted molar refractivity (Wildman–Crippen MR) is 65.4 cm³/mol. The molecule has 0 aliphatic carbocycles. The lowest BCUT2D eigenvalue weighted by Crippen LogP contribution is -1.85. The minimum Gasteiger partial charge on any atom is -0.440 e. The number of halogens is 2. The molecule has 0 aliphatic heterocycles. The highest BCUT2D eigenvalue weighted by molar-refractivity contribution is 9.10. The molecule has 0 aliphatic rings. The summed E-state index contributed by atoms with van der Waals surface area (Å²) in [4.78, 5) is 4.41. The molecule has 0 radical (unpaired) electrons. The van der Waals surface area contributed by atoms with Crippen LogP contribution in [0.1, 0.15) is 18.7 Å². The third-order valence-electron chi connectivity index (χ3n) is 2.19. The van der Waals surface area contributed by atoms with Gasteiger partial charge in [-0.05, 0) is 40.9 Å². The summed E-state index contributed by atoms with van der Waals surface area (Å²) in [6.07, 6.45) is 2.88. The van der Waals surface area contributed by atoms with Gasteiger partial charge in [-0.3, -0.25) is 0 Å². The number of nitrogens with zero attached hydrogens (tertiary/aromatic N) is 1. The first-order valence-corrected chi connectivity index (χ1v) is 6.24. The predicted octanol–water partition coefficient (Wildman–Crippen LogP) is 4.15. The minimum atomic E-state index is 0.698. The summed E-state index contributed by atoms with van der Waals surface area (Å²) in [5.41, 5.74) is 1.74. The fourth-order valence-electron chi connectivity index (χ4n) is 1.44. The molecule has 0 amide bonds. The number of hydrogen-bond acceptors (Lipinski definition) is 2. The van der Waals surface area contributed by atoms with E-state index in [1.165, 1.54) is 0 Å². The van der Waals surface area contributed by atoms with Gasteiger partial charge in [0.25, 0.3) is 0 Å². The van der Waals surface area contributed by atoms with E-state index in [0.717, 1.165) is 40.7 Å². The lowest BCUT2D eigenvalue weighted by atomic mass is 10.2. The number of hydrogen-bond donors (Lipinski definition) is 0. The molecule has 0 saturated heterocycles. The molecule has 1 aromatic carbocycles. The van der Waals surface area contributed by atoms with E-state index in [-0.39, 0.29) is 0 Å². The van der Waals surface area contributed by atoms with Gasteiger partial charge in [0.15, 0.2) is 11.5 Å². The standard InChI is InChI=1S/C11H11BrClNO/c12-8-4-3-5-9-11(8)15-10(14-9)6-1-2-7-13/h3-5H,1-2,6-7H2. The van der Waals surface area contributed by atoms with Gasteiger partial charge in [-0.25, -0.2) is 4.98 Å². The summed E-state index contributed by atoms with van der Waals surface area (Å²) < 4.78 is 6.60. The zero-order valence-electron chi connectivity index (χ0n) is 8.17. The quantitative estimate of drug-likeness (QED) is 0.624. The highest BCUT2D eigenvalue weighted by atomic mass is 79.9. The van der Waals surface area contributed by atoms with Crippen LogP contribution in [0.4, 0.5) is 0 Å². The maximum absolute atomic E-state index is 5.64. The second-order valence-corrected chi connectivity index (χ2v) is 4.57. The highest BCUT2D eigenvalue weighted by Crippen LogP contribution is 2.24. The van der Waals surface area contributed by atoms with Crippen molar-refractivity contribution in [2.75, 3.05) is 5.88 Å². The summed E-state index contributed by atoms with van der Waals surface area (Å²) in [5, 5.41) is 0. The van der Waals surface area contributed by atoms with E-state index in [0.29, 0.717) is 5.88 Å². The second kappa shape index (κ2) is 4.99. The van der Waals surface area contributed by atoms with Crippen LogP contribution in [0.15, 0.2) is 27.1 Å². The number of unbranched alkanes of at least 4 members (excludes halogenated alkanes) is 1. The van der Waals surface area contributed by atoms with Gasteiger partial charge in [0, 0.05) is 12.3 Å². The molecule has 4 heteroatoms. The Labute approximate surface area is 102 Å². The average molecular weight is 289 g/mol. The van der Waals surface area contributed by atoms with Crippen molar-refractivity contribution in [3.63, 3.8) is 0 Å². The Morgan fingerprint density at radius 2 is 2.20 bits per heavy atom. The molecule has 0 unspecified atom stereocenters. The molecule has 0 N–H and O–H groups in total. The van der Waals surface area contributed by atoms with Crippen LogP contribution >= 0.6 is 27.5 Å². The van der Waals surface area contributed by atoms with E-state index >= 15 is 0 Å². The van der Waals surface area contributed by atoms with E-state index in [1.54, 1.807) is 0 Å². The zero-order valence-corrected chi connectivity index (χ0v) is 10.5. The Morgan fingerprint density at radius 1 is 1.33 bits per heavy atom. The van der Waals surface area contributed by atoms with Crippen LogP contribution in [0.3, 0.4) is 0 Å². The molecule has 1 heterocycles. The lowest BCUT2D eigenvalue weighted by molar-refractivity contribution is 0.517. The molecule has 0 spiro atoms. The van der Waals surface area contributed by atoms with Crippen LogP contribution < -0.4 is 0 Å². The van der Waals surface area contributed by atoms with Crippen molar-refractivity contribution in [1.29, 1.82) is 0 Å². The van der Waals surface area contributed by atoms with Crippen molar-refractivity contribution in [3.05, 3.63) is 28.6 Å². The Balaban J connectivity index is 2.20. The van der Waals surface area contributed by atoms with E-state index in [2.05, 4.69) is 20.9 Å². The van der Waals surface area contributed by atoms with Crippen LogP contribution in [0.25, 0.3) is 11.1 Å². The smallest absolute Gasteiger partial charge is 0.195 e. The molecule has 1 aromatic heterocycles. The van der Waals surface area contributed by atoms with Gasteiger partial charge in [-0.1, -0.05) is 6.07 Å². The summed E-state index contributed by atoms with van der Waals surface area (Å²) in [5.74, 6) is 1.49. The largest absolute Gasteiger partial charge is 0.440 e. The SMILES string of the molecule is ClCCCCc1nc2cccc(Br)c2o1. The van der Waals surface area contributed by atoms with Crippen molar-refractivity contribution >= 4 is 38.6 Å². The fourth-order valence-corrected chi connectivity index (χ4v) is 2.06. The number of rotatable bonds is 4. The normalized spacial score (nSPS) is 11.1. The fraction of sp³-hybridized carbons (Fsp3) is 0.364. The first-order chi connectivity index (χ1) is 7.31.